The fourth-order valence-corrected chi connectivity index (χ4v) is 5.72. The Balaban J connectivity index is 1.24. The van der Waals surface area contributed by atoms with E-state index >= 15 is 0 Å². The number of allylic oxidation sites excluding steroid dienone is 4. The summed E-state index contributed by atoms with van der Waals surface area (Å²) >= 11 is 0. The number of aromatic amines is 1. The van der Waals surface area contributed by atoms with Crippen LogP contribution in [-0.2, 0) is 11.3 Å². The van der Waals surface area contributed by atoms with E-state index in [9.17, 15) is 13.6 Å². The van der Waals surface area contributed by atoms with Crippen LogP contribution < -0.4 is 5.56 Å². The molecule has 1 N–H and O–H groups in total. The third kappa shape index (κ3) is 4.20. The lowest BCUT2D eigenvalue weighted by Gasteiger charge is -2.23. The predicted molar refractivity (Wildman–Crippen MR) is 132 cm³/mol. The number of ether oxygens (including phenoxy) is 1. The van der Waals surface area contributed by atoms with Crippen LogP contribution in [-0.4, -0.2) is 51.0 Å². The van der Waals surface area contributed by atoms with Crippen LogP contribution in [0.4, 0.5) is 8.78 Å². The van der Waals surface area contributed by atoms with Crippen LogP contribution in [0.5, 0.6) is 0 Å². The van der Waals surface area contributed by atoms with Gasteiger partial charge in [0, 0.05) is 50.2 Å². The minimum atomic E-state index is -0.525. The smallest absolute Gasteiger partial charge is 0.262 e. The normalized spacial score (nSPS) is 23.4. The molecule has 6 rings (SSSR count). The molecule has 3 aliphatic rings. The lowest BCUT2D eigenvalue weighted by Crippen LogP contribution is -2.24. The molecule has 188 valence electrons. The van der Waals surface area contributed by atoms with E-state index in [0.717, 1.165) is 12.8 Å². The standard InChI is InChI=1S/C27H29F2N5O2/c1-16-13-33(15-22-23(28)10-18(11-24(22)29)17-4-2-3-5-17)14-21(16)25-31-26-20(27(35)32-25)12-30-34(26)19-6-8-36-9-7-19/h2-5,10-12,16-17,19,21H,6-9,13-15H2,1H3,(H,31,32,35)/t16-,21-/m1/s1. The van der Waals surface area contributed by atoms with Gasteiger partial charge in [-0.1, -0.05) is 31.2 Å². The van der Waals surface area contributed by atoms with E-state index in [1.165, 1.54) is 12.1 Å². The number of rotatable bonds is 5. The highest BCUT2D eigenvalue weighted by molar-refractivity contribution is 5.73. The van der Waals surface area contributed by atoms with Crippen molar-refractivity contribution >= 4 is 11.0 Å². The number of fused-ring (bicyclic) bond motifs is 1. The topological polar surface area (TPSA) is 76.0 Å². The van der Waals surface area contributed by atoms with Crippen molar-refractivity contribution in [3.63, 3.8) is 0 Å². The monoisotopic (exact) mass is 493 g/mol. The van der Waals surface area contributed by atoms with Crippen LogP contribution >= 0.6 is 0 Å². The molecule has 4 heterocycles. The van der Waals surface area contributed by atoms with Gasteiger partial charge in [-0.25, -0.2) is 18.4 Å². The summed E-state index contributed by atoms with van der Waals surface area (Å²) in [6.07, 6.45) is 10.8. The molecule has 0 unspecified atom stereocenters. The van der Waals surface area contributed by atoms with Crippen LogP contribution in [0.1, 0.15) is 54.6 Å². The van der Waals surface area contributed by atoms with Gasteiger partial charge in [0.15, 0.2) is 5.65 Å². The molecule has 2 atom stereocenters. The third-order valence-electron chi connectivity index (χ3n) is 7.74. The van der Waals surface area contributed by atoms with Crippen molar-refractivity contribution in [3.05, 3.63) is 81.6 Å². The first-order chi connectivity index (χ1) is 17.5. The Labute approximate surface area is 207 Å². The zero-order valence-electron chi connectivity index (χ0n) is 20.2. The van der Waals surface area contributed by atoms with Gasteiger partial charge in [-0.3, -0.25) is 9.69 Å². The van der Waals surface area contributed by atoms with Crippen LogP contribution in [0.25, 0.3) is 11.0 Å². The maximum atomic E-state index is 15.0. The average Bonchev–Trinajstić information content (AvgIpc) is 3.62. The van der Waals surface area contributed by atoms with Crippen molar-refractivity contribution in [2.45, 2.75) is 44.2 Å². The number of hydrogen-bond donors (Lipinski definition) is 1. The summed E-state index contributed by atoms with van der Waals surface area (Å²) in [5, 5.41) is 4.94. The second kappa shape index (κ2) is 9.37. The first-order valence-electron chi connectivity index (χ1n) is 12.6. The Morgan fingerprint density at radius 2 is 1.83 bits per heavy atom. The SMILES string of the molecule is C[C@@H]1CN(Cc2c(F)cc(C3C=CC=C3)cc2F)C[C@H]1c1nc2c(cnn2C2CCOCC2)c(=O)[nH]1. The van der Waals surface area contributed by atoms with Gasteiger partial charge in [0.2, 0.25) is 0 Å². The molecule has 36 heavy (non-hydrogen) atoms. The van der Waals surface area contributed by atoms with E-state index in [1.807, 2.05) is 33.9 Å². The molecule has 2 aliphatic heterocycles. The highest BCUT2D eigenvalue weighted by Gasteiger charge is 2.34. The number of aromatic nitrogens is 4. The Hall–Kier alpha value is -3.17. The van der Waals surface area contributed by atoms with Gasteiger partial charge in [0.1, 0.15) is 22.8 Å². The fourth-order valence-electron chi connectivity index (χ4n) is 5.72. The number of H-pyrrole nitrogens is 1. The number of benzene rings is 1. The molecule has 9 heteroatoms. The fraction of sp³-hybridized carbons (Fsp3) is 0.444. The van der Waals surface area contributed by atoms with Gasteiger partial charge < -0.3 is 9.72 Å². The van der Waals surface area contributed by atoms with Crippen molar-refractivity contribution in [1.29, 1.82) is 0 Å². The molecule has 2 saturated heterocycles. The number of likely N-dealkylation sites (tertiary alicyclic amines) is 1. The number of nitrogens with zero attached hydrogens (tertiary/aromatic N) is 4. The average molecular weight is 494 g/mol. The first kappa shape index (κ1) is 23.2. The molecule has 0 saturated carbocycles. The summed E-state index contributed by atoms with van der Waals surface area (Å²) in [7, 11) is 0. The maximum Gasteiger partial charge on any atom is 0.262 e. The summed E-state index contributed by atoms with van der Waals surface area (Å²) in [5.41, 5.74) is 1.07. The highest BCUT2D eigenvalue weighted by atomic mass is 19.1. The van der Waals surface area contributed by atoms with Gasteiger partial charge in [0.05, 0.1) is 12.2 Å². The second-order valence-electron chi connectivity index (χ2n) is 10.2. The Morgan fingerprint density at radius 3 is 2.56 bits per heavy atom. The minimum Gasteiger partial charge on any atom is -0.381 e. The van der Waals surface area contributed by atoms with Crippen LogP contribution in [0.3, 0.4) is 0 Å². The lowest BCUT2D eigenvalue weighted by molar-refractivity contribution is 0.0673. The Bertz CT molecular complexity index is 1370. The van der Waals surface area contributed by atoms with Gasteiger partial charge in [-0.05, 0) is 36.5 Å². The van der Waals surface area contributed by atoms with Crippen LogP contribution in [0.15, 0.2) is 47.4 Å². The zero-order valence-corrected chi connectivity index (χ0v) is 20.2. The van der Waals surface area contributed by atoms with Crippen molar-refractivity contribution in [2.75, 3.05) is 26.3 Å². The summed E-state index contributed by atoms with van der Waals surface area (Å²) < 4.78 is 37.2. The minimum absolute atomic E-state index is 0.0562. The van der Waals surface area contributed by atoms with E-state index in [2.05, 4.69) is 17.0 Å². The van der Waals surface area contributed by atoms with Gasteiger partial charge >= 0.3 is 0 Å². The largest absolute Gasteiger partial charge is 0.381 e. The summed E-state index contributed by atoms with van der Waals surface area (Å²) in [4.78, 5) is 22.7. The molecule has 2 fully saturated rings. The summed E-state index contributed by atoms with van der Waals surface area (Å²) in [6, 6.07) is 3.02. The molecular weight excluding hydrogens is 464 g/mol. The van der Waals surface area contributed by atoms with Gasteiger partial charge in [-0.15, -0.1) is 0 Å². The van der Waals surface area contributed by atoms with E-state index in [0.29, 0.717) is 48.7 Å². The lowest BCUT2D eigenvalue weighted by atomic mass is 9.97. The van der Waals surface area contributed by atoms with Crippen molar-refractivity contribution in [3.8, 4) is 0 Å². The third-order valence-corrected chi connectivity index (χ3v) is 7.74. The molecule has 3 aromatic rings. The van der Waals surface area contributed by atoms with E-state index in [-0.39, 0.29) is 41.5 Å². The molecular formula is C27H29F2N5O2. The highest BCUT2D eigenvalue weighted by Crippen LogP contribution is 2.33. The molecule has 0 radical (unpaired) electrons. The molecule has 1 aliphatic carbocycles. The summed E-state index contributed by atoms with van der Waals surface area (Å²) in [6.45, 7) is 4.79. The zero-order chi connectivity index (χ0) is 24.8. The van der Waals surface area contributed by atoms with E-state index in [1.54, 1.807) is 6.20 Å². The van der Waals surface area contributed by atoms with Crippen molar-refractivity contribution in [2.24, 2.45) is 5.92 Å². The predicted octanol–water partition coefficient (Wildman–Crippen LogP) is 4.19. The van der Waals surface area contributed by atoms with Crippen LogP contribution in [0.2, 0.25) is 0 Å². The van der Waals surface area contributed by atoms with Gasteiger partial charge in [0.25, 0.3) is 5.56 Å². The van der Waals surface area contributed by atoms with E-state index in [4.69, 9.17) is 9.72 Å². The second-order valence-corrected chi connectivity index (χ2v) is 10.2. The first-order valence-corrected chi connectivity index (χ1v) is 12.6. The molecule has 0 spiro atoms. The van der Waals surface area contributed by atoms with Crippen molar-refractivity contribution < 1.29 is 13.5 Å². The number of hydrogen-bond acceptors (Lipinski definition) is 5. The van der Waals surface area contributed by atoms with Gasteiger partial charge in [-0.2, -0.15) is 5.10 Å². The van der Waals surface area contributed by atoms with Crippen LogP contribution in [0, 0.1) is 17.6 Å². The quantitative estimate of drug-likeness (QED) is 0.577. The molecule has 7 nitrogen and oxygen atoms in total. The Morgan fingerprint density at radius 1 is 1.11 bits per heavy atom. The maximum absolute atomic E-state index is 15.0. The van der Waals surface area contributed by atoms with Crippen molar-refractivity contribution in [1.82, 2.24) is 24.6 Å². The number of halogens is 2. The Kier molecular flexibility index (Phi) is 6.05. The molecule has 1 aromatic carbocycles. The molecule has 0 amide bonds. The molecule has 0 bridgehead atoms. The van der Waals surface area contributed by atoms with E-state index < -0.39 is 11.6 Å². The summed E-state index contributed by atoms with van der Waals surface area (Å²) in [5.74, 6) is -0.436. The number of nitrogens with one attached hydrogen (secondary N) is 1. The molecule has 2 aromatic heterocycles.